The van der Waals surface area contributed by atoms with Crippen molar-refractivity contribution in [2.24, 2.45) is 5.73 Å². The molecule has 0 radical (unpaired) electrons. The number of nitrogens with zero attached hydrogens (tertiary/aromatic N) is 1. The lowest BCUT2D eigenvalue weighted by Crippen LogP contribution is -2.13. The van der Waals surface area contributed by atoms with E-state index in [2.05, 4.69) is 4.98 Å². The van der Waals surface area contributed by atoms with Crippen molar-refractivity contribution in [2.45, 2.75) is 13.8 Å². The molecule has 0 atom stereocenters. The number of Topliss-reactive ketones (excluding diaryl/α,β-unsaturated/α-hetero) is 1. The van der Waals surface area contributed by atoms with Gasteiger partial charge in [0, 0.05) is 0 Å². The average Bonchev–Trinajstić information content (AvgIpc) is 2.28. The number of rotatable bonds is 2. The van der Waals surface area contributed by atoms with E-state index in [4.69, 9.17) is 5.73 Å². The zero-order valence-corrected chi connectivity index (χ0v) is 8.59. The van der Waals surface area contributed by atoms with Crippen LogP contribution in [-0.4, -0.2) is 17.3 Å². The van der Waals surface area contributed by atoms with Gasteiger partial charge in [-0.3, -0.25) is 4.79 Å². The summed E-state index contributed by atoms with van der Waals surface area (Å²) in [5.41, 5.74) is 6.01. The molecule has 0 aromatic carbocycles. The molecule has 1 heterocycles. The summed E-state index contributed by atoms with van der Waals surface area (Å²) in [5.74, 6) is -0.0203. The number of aryl methyl sites for hydroxylation is 2. The smallest absolute Gasteiger partial charge is 0.188 e. The highest BCUT2D eigenvalue weighted by Crippen LogP contribution is 2.16. The van der Waals surface area contributed by atoms with Crippen molar-refractivity contribution in [3.63, 3.8) is 0 Å². The van der Waals surface area contributed by atoms with Crippen molar-refractivity contribution in [3.05, 3.63) is 15.6 Å². The largest absolute Gasteiger partial charge is 0.324 e. The van der Waals surface area contributed by atoms with Crippen molar-refractivity contribution < 1.29 is 4.79 Å². The monoisotopic (exact) mass is 206 g/mol. The minimum Gasteiger partial charge on any atom is -0.324 e. The van der Waals surface area contributed by atoms with Gasteiger partial charge >= 0.3 is 0 Å². The molecule has 0 aliphatic carbocycles. The summed E-state index contributed by atoms with van der Waals surface area (Å²) in [7, 11) is 0. The molecule has 1 aromatic heterocycles. The lowest BCUT2D eigenvalue weighted by Gasteiger charge is -1.90. The molecule has 1 rings (SSSR count). The van der Waals surface area contributed by atoms with E-state index in [1.807, 2.05) is 13.8 Å². The highest BCUT2D eigenvalue weighted by Gasteiger charge is 2.10. The fourth-order valence-electron chi connectivity index (χ4n) is 0.883. The van der Waals surface area contributed by atoms with Crippen molar-refractivity contribution in [3.8, 4) is 0 Å². The molecule has 0 fully saturated rings. The number of thiazole rings is 1. The number of nitrogens with two attached hydrogens (primary N) is 1. The van der Waals surface area contributed by atoms with Crippen LogP contribution in [0.5, 0.6) is 0 Å². The summed E-state index contributed by atoms with van der Waals surface area (Å²) < 4.78 is 0. The lowest BCUT2D eigenvalue weighted by molar-refractivity contribution is 0.100. The van der Waals surface area contributed by atoms with Gasteiger partial charge in [0.05, 0.1) is 22.1 Å². The fourth-order valence-corrected chi connectivity index (χ4v) is 1.75. The lowest BCUT2D eigenvalue weighted by atomic mass is 10.3. The summed E-state index contributed by atoms with van der Waals surface area (Å²) >= 11 is 1.41. The van der Waals surface area contributed by atoms with Crippen LogP contribution in [0.4, 0.5) is 0 Å². The van der Waals surface area contributed by atoms with Gasteiger partial charge in [0.15, 0.2) is 5.78 Å². The maximum atomic E-state index is 11.1. The maximum Gasteiger partial charge on any atom is 0.188 e. The van der Waals surface area contributed by atoms with Crippen LogP contribution in [0, 0.1) is 13.8 Å². The number of carbonyl (C=O) groups is 1. The van der Waals surface area contributed by atoms with Gasteiger partial charge in [0.2, 0.25) is 0 Å². The molecule has 0 amide bonds. The minimum atomic E-state index is -0.0203. The first-order chi connectivity index (χ1) is 5.15. The van der Waals surface area contributed by atoms with Gasteiger partial charge in [-0.1, -0.05) is 0 Å². The molecule has 0 bridgehead atoms. The van der Waals surface area contributed by atoms with E-state index >= 15 is 0 Å². The topological polar surface area (TPSA) is 56.0 Å². The SMILES string of the molecule is Cc1nc(C)c(C(=O)CN)s1.Cl. The van der Waals surface area contributed by atoms with Gasteiger partial charge in [0.25, 0.3) is 0 Å². The second-order valence-corrected chi connectivity index (χ2v) is 3.48. The van der Waals surface area contributed by atoms with E-state index in [9.17, 15) is 4.79 Å². The standard InChI is InChI=1S/C7H10N2OS.ClH/c1-4-7(6(10)3-8)11-5(2)9-4;/h3,8H2,1-2H3;1H. The van der Waals surface area contributed by atoms with Crippen LogP contribution in [0.3, 0.4) is 0 Å². The Balaban J connectivity index is 0.00000121. The molecule has 5 heteroatoms. The first-order valence-corrected chi connectivity index (χ1v) is 4.14. The Labute approximate surface area is 81.4 Å². The molecule has 0 aliphatic heterocycles. The molecule has 3 nitrogen and oxygen atoms in total. The summed E-state index contributed by atoms with van der Waals surface area (Å²) in [5, 5.41) is 0.916. The highest BCUT2D eigenvalue weighted by molar-refractivity contribution is 7.13. The van der Waals surface area contributed by atoms with Crippen LogP contribution in [0.1, 0.15) is 20.4 Å². The van der Waals surface area contributed by atoms with Crippen LogP contribution < -0.4 is 5.73 Å². The van der Waals surface area contributed by atoms with E-state index in [0.717, 1.165) is 10.7 Å². The van der Waals surface area contributed by atoms with Crippen molar-refractivity contribution in [1.29, 1.82) is 0 Å². The third kappa shape index (κ3) is 2.27. The van der Waals surface area contributed by atoms with E-state index in [1.54, 1.807) is 0 Å². The highest BCUT2D eigenvalue weighted by atomic mass is 35.5. The zero-order valence-electron chi connectivity index (χ0n) is 6.96. The van der Waals surface area contributed by atoms with E-state index < -0.39 is 0 Å². The zero-order chi connectivity index (χ0) is 8.43. The summed E-state index contributed by atoms with van der Waals surface area (Å²) in [6.45, 7) is 3.78. The second kappa shape index (κ2) is 4.54. The van der Waals surface area contributed by atoms with Crippen LogP contribution in [0.15, 0.2) is 0 Å². The van der Waals surface area contributed by atoms with Gasteiger partial charge in [0.1, 0.15) is 0 Å². The molecule has 0 unspecified atom stereocenters. The molecule has 0 aliphatic rings. The summed E-state index contributed by atoms with van der Waals surface area (Å²) in [4.78, 5) is 15.9. The van der Waals surface area contributed by atoms with Crippen LogP contribution in [-0.2, 0) is 0 Å². The minimum absolute atomic E-state index is 0. The van der Waals surface area contributed by atoms with Gasteiger partial charge in [-0.2, -0.15) is 0 Å². The Morgan fingerprint density at radius 1 is 1.58 bits per heavy atom. The van der Waals surface area contributed by atoms with E-state index in [0.29, 0.717) is 4.88 Å². The number of halogens is 1. The predicted molar refractivity (Wildman–Crippen MR) is 52.2 cm³/mol. The molecule has 1 aromatic rings. The van der Waals surface area contributed by atoms with Crippen LogP contribution in [0.2, 0.25) is 0 Å². The van der Waals surface area contributed by atoms with Crippen LogP contribution >= 0.6 is 23.7 Å². The van der Waals surface area contributed by atoms with Crippen molar-refractivity contribution >= 4 is 29.5 Å². The Kier molecular flexibility index (Phi) is 4.37. The average molecular weight is 207 g/mol. The molecule has 68 valence electrons. The van der Waals surface area contributed by atoms with E-state index in [1.165, 1.54) is 11.3 Å². The van der Waals surface area contributed by atoms with Crippen LogP contribution in [0.25, 0.3) is 0 Å². The van der Waals surface area contributed by atoms with Gasteiger partial charge in [-0.05, 0) is 13.8 Å². The molecular formula is C7H11ClN2OS. The first-order valence-electron chi connectivity index (χ1n) is 3.32. The molecule has 0 saturated carbocycles. The number of carbonyl (C=O) groups excluding carboxylic acids is 1. The third-order valence-electron chi connectivity index (χ3n) is 1.34. The molecule has 0 spiro atoms. The summed E-state index contributed by atoms with van der Waals surface area (Å²) in [6, 6.07) is 0. The van der Waals surface area contributed by atoms with Crippen molar-refractivity contribution in [1.82, 2.24) is 4.98 Å². The maximum absolute atomic E-state index is 11.1. The molecular weight excluding hydrogens is 196 g/mol. The Morgan fingerprint density at radius 2 is 2.17 bits per heavy atom. The molecule has 12 heavy (non-hydrogen) atoms. The number of ketones is 1. The molecule has 2 N–H and O–H groups in total. The summed E-state index contributed by atoms with van der Waals surface area (Å²) in [6.07, 6.45) is 0. The second-order valence-electron chi connectivity index (χ2n) is 2.27. The first kappa shape index (κ1) is 11.5. The van der Waals surface area contributed by atoms with E-state index in [-0.39, 0.29) is 24.7 Å². The Hall–Kier alpha value is -0.450. The number of hydrogen-bond acceptors (Lipinski definition) is 4. The number of hydrogen-bond donors (Lipinski definition) is 1. The number of aromatic nitrogens is 1. The Bertz CT molecular complexity index is 285. The normalized spacial score (nSPS) is 9.25. The predicted octanol–water partition coefficient (Wildman–Crippen LogP) is 1.32. The van der Waals surface area contributed by atoms with Gasteiger partial charge < -0.3 is 5.73 Å². The van der Waals surface area contributed by atoms with Crippen molar-refractivity contribution in [2.75, 3.05) is 6.54 Å². The third-order valence-corrected chi connectivity index (χ3v) is 2.46. The fraction of sp³-hybridized carbons (Fsp3) is 0.429. The quantitative estimate of drug-likeness (QED) is 0.743. The Morgan fingerprint density at radius 3 is 2.50 bits per heavy atom. The molecule has 0 saturated heterocycles. The van der Waals surface area contributed by atoms with Gasteiger partial charge in [-0.25, -0.2) is 4.98 Å². The van der Waals surface area contributed by atoms with Gasteiger partial charge in [-0.15, -0.1) is 23.7 Å².